The summed E-state index contributed by atoms with van der Waals surface area (Å²) in [5, 5.41) is 10.6. The first kappa shape index (κ1) is 10.2. The number of benzene rings is 1. The Balaban J connectivity index is 2.11. The number of rotatable bonds is 1. The van der Waals surface area contributed by atoms with Crippen LogP contribution >= 0.6 is 0 Å². The van der Waals surface area contributed by atoms with Crippen LogP contribution in [0.3, 0.4) is 0 Å². The van der Waals surface area contributed by atoms with Crippen molar-refractivity contribution < 1.29 is 4.84 Å². The van der Waals surface area contributed by atoms with Crippen molar-refractivity contribution in [2.45, 2.75) is 32.5 Å². The molecule has 78 valence electrons. The second-order valence-corrected chi connectivity index (χ2v) is 4.69. The molecule has 1 aromatic rings. The summed E-state index contributed by atoms with van der Waals surface area (Å²) in [6.07, 6.45) is 0.0535. The molecule has 2 rings (SSSR count). The topological polar surface area (TPSA) is 39.3 Å². The van der Waals surface area contributed by atoms with E-state index in [1.807, 2.05) is 29.3 Å². The molecule has 3 nitrogen and oxygen atoms in total. The first-order chi connectivity index (χ1) is 7.02. The summed E-state index contributed by atoms with van der Waals surface area (Å²) < 4.78 is 0. The van der Waals surface area contributed by atoms with Crippen LogP contribution in [0.2, 0.25) is 0 Å². The molecular weight excluding hydrogens is 188 g/mol. The zero-order chi connectivity index (χ0) is 11.1. The summed E-state index contributed by atoms with van der Waals surface area (Å²) in [6, 6.07) is 9.61. The van der Waals surface area contributed by atoms with Gasteiger partial charge in [-0.1, -0.05) is 12.1 Å². The molecule has 1 aromatic carbocycles. The zero-order valence-corrected chi connectivity index (χ0v) is 9.19. The number of nitrogens with zero attached hydrogens (tertiary/aromatic N) is 2. The van der Waals surface area contributed by atoms with E-state index >= 15 is 0 Å². The van der Waals surface area contributed by atoms with Crippen LogP contribution in [0, 0.1) is 11.3 Å². The van der Waals surface area contributed by atoms with Gasteiger partial charge in [-0.3, -0.25) is 4.84 Å². The molecule has 0 radical (unpaired) electrons. The zero-order valence-electron chi connectivity index (χ0n) is 9.19. The van der Waals surface area contributed by atoms with E-state index in [2.05, 4.69) is 26.8 Å². The van der Waals surface area contributed by atoms with Crippen molar-refractivity contribution in [1.29, 1.82) is 5.26 Å². The van der Waals surface area contributed by atoms with Gasteiger partial charge in [0.25, 0.3) is 0 Å². The highest BCUT2D eigenvalue weighted by molar-refractivity contribution is 5.33. The molecule has 0 aromatic heterocycles. The third kappa shape index (κ3) is 2.01. The Morgan fingerprint density at radius 3 is 2.27 bits per heavy atom. The molecule has 0 aliphatic carbocycles. The predicted octanol–water partition coefficient (Wildman–Crippen LogP) is 2.60. The SMILES string of the molecule is CC(C)(C)N1O[C@@H]1c1ccc(C#N)cc1. The molecule has 15 heavy (non-hydrogen) atoms. The number of hydrogen-bond donors (Lipinski definition) is 0. The summed E-state index contributed by atoms with van der Waals surface area (Å²) in [4.78, 5) is 5.49. The smallest absolute Gasteiger partial charge is 0.180 e. The fourth-order valence-corrected chi connectivity index (χ4v) is 1.51. The van der Waals surface area contributed by atoms with Gasteiger partial charge in [0.1, 0.15) is 0 Å². The molecule has 0 amide bonds. The second kappa shape index (κ2) is 3.34. The Hall–Kier alpha value is -1.37. The highest BCUT2D eigenvalue weighted by atomic mass is 16.8. The lowest BCUT2D eigenvalue weighted by atomic mass is 10.1. The third-order valence-corrected chi connectivity index (χ3v) is 2.37. The van der Waals surface area contributed by atoms with Crippen LogP contribution in [-0.2, 0) is 4.84 Å². The lowest BCUT2D eigenvalue weighted by Crippen LogP contribution is -2.25. The lowest BCUT2D eigenvalue weighted by molar-refractivity contribution is 0.101. The van der Waals surface area contributed by atoms with Crippen molar-refractivity contribution in [3.05, 3.63) is 35.4 Å². The molecule has 3 heteroatoms. The molecule has 1 aliphatic heterocycles. The molecule has 1 fully saturated rings. The van der Waals surface area contributed by atoms with Gasteiger partial charge in [-0.15, -0.1) is 5.06 Å². The summed E-state index contributed by atoms with van der Waals surface area (Å²) in [5.74, 6) is 0. The number of hydrogen-bond acceptors (Lipinski definition) is 3. The van der Waals surface area contributed by atoms with Crippen LogP contribution < -0.4 is 0 Å². The average Bonchev–Trinajstić information content (AvgIpc) is 2.97. The maximum Gasteiger partial charge on any atom is 0.180 e. The largest absolute Gasteiger partial charge is 0.269 e. The van der Waals surface area contributed by atoms with Crippen LogP contribution in [0.25, 0.3) is 0 Å². The molecule has 0 bridgehead atoms. The van der Waals surface area contributed by atoms with Crippen molar-refractivity contribution in [1.82, 2.24) is 5.06 Å². The number of hydroxylamine groups is 2. The predicted molar refractivity (Wildman–Crippen MR) is 56.6 cm³/mol. The average molecular weight is 202 g/mol. The van der Waals surface area contributed by atoms with E-state index in [4.69, 9.17) is 10.1 Å². The van der Waals surface area contributed by atoms with Gasteiger partial charge in [-0.2, -0.15) is 5.26 Å². The summed E-state index contributed by atoms with van der Waals surface area (Å²) >= 11 is 0. The van der Waals surface area contributed by atoms with E-state index in [0.29, 0.717) is 5.56 Å². The molecule has 1 saturated heterocycles. The molecule has 2 atom stereocenters. The van der Waals surface area contributed by atoms with Gasteiger partial charge >= 0.3 is 0 Å². The van der Waals surface area contributed by atoms with Crippen molar-refractivity contribution in [3.63, 3.8) is 0 Å². The standard InChI is InChI=1S/C12H14N2O/c1-12(2,3)14-11(15-14)10-6-4-9(8-13)5-7-10/h4-7,11H,1-3H3/t11-,14?/m1/s1. The highest BCUT2D eigenvalue weighted by Crippen LogP contribution is 2.42. The van der Waals surface area contributed by atoms with Crippen LogP contribution in [0.4, 0.5) is 0 Å². The maximum absolute atomic E-state index is 8.67. The Morgan fingerprint density at radius 2 is 1.87 bits per heavy atom. The van der Waals surface area contributed by atoms with Gasteiger partial charge in [0.15, 0.2) is 6.23 Å². The van der Waals surface area contributed by atoms with Crippen molar-refractivity contribution in [2.75, 3.05) is 0 Å². The Bertz CT molecular complexity index is 397. The molecular formula is C12H14N2O. The molecule has 0 N–H and O–H groups in total. The van der Waals surface area contributed by atoms with Gasteiger partial charge in [0, 0.05) is 5.54 Å². The Labute approximate surface area is 89.8 Å². The molecule has 1 aliphatic rings. The van der Waals surface area contributed by atoms with Crippen molar-refractivity contribution in [3.8, 4) is 6.07 Å². The lowest BCUT2D eigenvalue weighted by Gasteiger charge is -2.16. The molecule has 1 heterocycles. The third-order valence-electron chi connectivity index (χ3n) is 2.37. The highest BCUT2D eigenvalue weighted by Gasteiger charge is 2.45. The van der Waals surface area contributed by atoms with Crippen LogP contribution in [0.15, 0.2) is 24.3 Å². The van der Waals surface area contributed by atoms with Gasteiger partial charge in [-0.25, -0.2) is 0 Å². The van der Waals surface area contributed by atoms with E-state index in [0.717, 1.165) is 5.56 Å². The number of nitriles is 1. The summed E-state index contributed by atoms with van der Waals surface area (Å²) in [6.45, 7) is 6.32. The second-order valence-electron chi connectivity index (χ2n) is 4.69. The molecule has 0 saturated carbocycles. The van der Waals surface area contributed by atoms with Gasteiger partial charge in [0.2, 0.25) is 0 Å². The maximum atomic E-state index is 8.67. The minimum atomic E-state index is 0.0264. The first-order valence-electron chi connectivity index (χ1n) is 4.98. The van der Waals surface area contributed by atoms with Gasteiger partial charge in [0.05, 0.1) is 11.6 Å². The Kier molecular flexibility index (Phi) is 2.26. The first-order valence-corrected chi connectivity index (χ1v) is 4.98. The van der Waals surface area contributed by atoms with Crippen LogP contribution in [0.1, 0.15) is 38.1 Å². The Morgan fingerprint density at radius 1 is 1.27 bits per heavy atom. The van der Waals surface area contributed by atoms with Crippen molar-refractivity contribution >= 4 is 0 Å². The van der Waals surface area contributed by atoms with E-state index in [1.54, 1.807) is 0 Å². The fraction of sp³-hybridized carbons (Fsp3) is 0.417. The summed E-state index contributed by atoms with van der Waals surface area (Å²) in [7, 11) is 0. The van der Waals surface area contributed by atoms with Gasteiger partial charge in [-0.05, 0) is 38.5 Å². The van der Waals surface area contributed by atoms with E-state index < -0.39 is 0 Å². The fourth-order valence-electron chi connectivity index (χ4n) is 1.51. The van der Waals surface area contributed by atoms with E-state index in [9.17, 15) is 0 Å². The van der Waals surface area contributed by atoms with E-state index in [-0.39, 0.29) is 11.8 Å². The minimum absolute atomic E-state index is 0.0264. The minimum Gasteiger partial charge on any atom is -0.269 e. The van der Waals surface area contributed by atoms with Crippen molar-refractivity contribution in [2.24, 2.45) is 0 Å². The monoisotopic (exact) mass is 202 g/mol. The van der Waals surface area contributed by atoms with E-state index in [1.165, 1.54) is 0 Å². The normalized spacial score (nSPS) is 24.7. The quantitative estimate of drug-likeness (QED) is 0.657. The van der Waals surface area contributed by atoms with Crippen LogP contribution in [0.5, 0.6) is 0 Å². The molecule has 1 unspecified atom stereocenters. The van der Waals surface area contributed by atoms with Crippen LogP contribution in [-0.4, -0.2) is 10.6 Å². The van der Waals surface area contributed by atoms with Gasteiger partial charge < -0.3 is 0 Å². The summed E-state index contributed by atoms with van der Waals surface area (Å²) in [5.41, 5.74) is 1.81. The molecule has 0 spiro atoms.